The summed E-state index contributed by atoms with van der Waals surface area (Å²) in [5, 5.41) is 20.2. The molecule has 4 unspecified atom stereocenters. The van der Waals surface area contributed by atoms with Crippen LogP contribution in [-0.4, -0.2) is 22.4 Å². The summed E-state index contributed by atoms with van der Waals surface area (Å²) in [5.41, 5.74) is 0. The summed E-state index contributed by atoms with van der Waals surface area (Å²) >= 11 is 0. The van der Waals surface area contributed by atoms with Crippen LogP contribution in [0.15, 0.2) is 72.9 Å². The van der Waals surface area contributed by atoms with Gasteiger partial charge in [-0.1, -0.05) is 93.7 Å². The van der Waals surface area contributed by atoms with E-state index >= 15 is 0 Å². The summed E-state index contributed by atoms with van der Waals surface area (Å²) in [5.74, 6) is -0.181. The van der Waals surface area contributed by atoms with E-state index in [0.717, 1.165) is 6.42 Å². The first-order chi connectivity index (χ1) is 11.0. The molecule has 0 aliphatic rings. The smallest absolute Gasteiger partial charge is 0.0774 e. The van der Waals surface area contributed by atoms with Crippen molar-refractivity contribution in [3.05, 3.63) is 72.9 Å². The first-order valence-electron chi connectivity index (χ1n) is 8.36. The van der Waals surface area contributed by atoms with Crippen LogP contribution in [0.1, 0.15) is 34.1 Å². The minimum Gasteiger partial charge on any atom is -0.392 e. The van der Waals surface area contributed by atoms with Crippen LogP contribution in [0.25, 0.3) is 0 Å². The molecule has 0 aromatic carbocycles. The lowest BCUT2D eigenvalue weighted by atomic mass is 9.89. The molecule has 0 spiro atoms. The summed E-state index contributed by atoms with van der Waals surface area (Å²) in [6, 6.07) is 0. The SMILES string of the molecule is CC=CC(C)C(O)C(C)C(O)C=CC=CC=CC=CC=CCC. The van der Waals surface area contributed by atoms with Gasteiger partial charge in [-0.15, -0.1) is 0 Å². The average molecular weight is 316 g/mol. The Balaban J connectivity index is 4.28. The molecule has 0 amide bonds. The number of allylic oxidation sites excluding steroid dienone is 10. The first kappa shape index (κ1) is 21.4. The van der Waals surface area contributed by atoms with Crippen LogP contribution in [0.4, 0.5) is 0 Å². The Morgan fingerprint density at radius 2 is 1.30 bits per heavy atom. The lowest BCUT2D eigenvalue weighted by Crippen LogP contribution is -2.32. The Kier molecular flexibility index (Phi) is 13.0. The Hall–Kier alpha value is -1.64. The van der Waals surface area contributed by atoms with Crippen molar-refractivity contribution in [2.24, 2.45) is 11.8 Å². The number of hydrogen-bond acceptors (Lipinski definition) is 2. The quantitative estimate of drug-likeness (QED) is 0.451. The van der Waals surface area contributed by atoms with Crippen molar-refractivity contribution in [2.45, 2.75) is 46.3 Å². The maximum Gasteiger partial charge on any atom is 0.0774 e. The third-order valence-corrected chi connectivity index (χ3v) is 3.57. The van der Waals surface area contributed by atoms with E-state index in [1.165, 1.54) is 0 Å². The van der Waals surface area contributed by atoms with Gasteiger partial charge in [0.2, 0.25) is 0 Å². The van der Waals surface area contributed by atoms with E-state index in [0.29, 0.717) is 0 Å². The van der Waals surface area contributed by atoms with Crippen molar-refractivity contribution >= 4 is 0 Å². The predicted octanol–water partition coefficient (Wildman–Crippen LogP) is 4.75. The fraction of sp³-hybridized carbons (Fsp3) is 0.429. The van der Waals surface area contributed by atoms with Gasteiger partial charge in [-0.2, -0.15) is 0 Å². The van der Waals surface area contributed by atoms with E-state index in [9.17, 15) is 10.2 Å². The molecule has 2 heteroatoms. The van der Waals surface area contributed by atoms with E-state index < -0.39 is 12.2 Å². The third kappa shape index (κ3) is 10.7. The highest BCUT2D eigenvalue weighted by Gasteiger charge is 2.23. The average Bonchev–Trinajstić information content (AvgIpc) is 2.55. The van der Waals surface area contributed by atoms with Gasteiger partial charge in [0.05, 0.1) is 12.2 Å². The summed E-state index contributed by atoms with van der Waals surface area (Å²) in [4.78, 5) is 0. The number of rotatable bonds is 10. The topological polar surface area (TPSA) is 40.5 Å². The van der Waals surface area contributed by atoms with Crippen molar-refractivity contribution in [1.82, 2.24) is 0 Å². The zero-order chi connectivity index (χ0) is 17.5. The monoisotopic (exact) mass is 316 g/mol. The van der Waals surface area contributed by atoms with Crippen LogP contribution in [0.3, 0.4) is 0 Å². The standard InChI is InChI=1S/C21H32O2/c1-5-7-8-9-10-11-12-13-14-15-17-20(22)19(4)21(23)18(3)16-6-2/h6-23H,5H2,1-4H3. The lowest BCUT2D eigenvalue weighted by Gasteiger charge is -2.25. The maximum absolute atomic E-state index is 10.2. The Bertz CT molecular complexity index is 452. The van der Waals surface area contributed by atoms with Crippen molar-refractivity contribution in [3.63, 3.8) is 0 Å². The zero-order valence-corrected chi connectivity index (χ0v) is 14.8. The van der Waals surface area contributed by atoms with Crippen molar-refractivity contribution in [1.29, 1.82) is 0 Å². The molecule has 23 heavy (non-hydrogen) atoms. The van der Waals surface area contributed by atoms with Crippen LogP contribution in [0, 0.1) is 11.8 Å². The molecule has 0 aliphatic carbocycles. The molecule has 0 rings (SSSR count). The Labute approximate surface area is 141 Å². The lowest BCUT2D eigenvalue weighted by molar-refractivity contribution is 0.0240. The molecule has 0 aromatic rings. The Morgan fingerprint density at radius 1 is 0.783 bits per heavy atom. The van der Waals surface area contributed by atoms with Gasteiger partial charge in [0.1, 0.15) is 0 Å². The van der Waals surface area contributed by atoms with Gasteiger partial charge in [-0.05, 0) is 13.3 Å². The van der Waals surface area contributed by atoms with Crippen LogP contribution in [0.5, 0.6) is 0 Å². The van der Waals surface area contributed by atoms with E-state index in [2.05, 4.69) is 13.0 Å². The predicted molar refractivity (Wildman–Crippen MR) is 101 cm³/mol. The molecule has 128 valence electrons. The van der Waals surface area contributed by atoms with Gasteiger partial charge in [-0.3, -0.25) is 0 Å². The van der Waals surface area contributed by atoms with E-state index in [1.54, 1.807) is 12.2 Å². The molecule has 0 aromatic heterocycles. The second-order valence-corrected chi connectivity index (χ2v) is 5.60. The molecule has 0 heterocycles. The number of aliphatic hydroxyl groups is 2. The van der Waals surface area contributed by atoms with Crippen LogP contribution in [0.2, 0.25) is 0 Å². The van der Waals surface area contributed by atoms with Gasteiger partial charge >= 0.3 is 0 Å². The van der Waals surface area contributed by atoms with Gasteiger partial charge in [-0.25, -0.2) is 0 Å². The normalized spacial score (nSPS) is 19.0. The molecule has 0 fully saturated rings. The molecule has 0 bridgehead atoms. The van der Waals surface area contributed by atoms with E-state index in [-0.39, 0.29) is 11.8 Å². The summed E-state index contributed by atoms with van der Waals surface area (Å²) in [6.07, 6.45) is 22.9. The van der Waals surface area contributed by atoms with Gasteiger partial charge < -0.3 is 10.2 Å². The molecule has 0 aliphatic heterocycles. The fourth-order valence-electron chi connectivity index (χ4n) is 2.05. The van der Waals surface area contributed by atoms with Crippen LogP contribution >= 0.6 is 0 Å². The number of aliphatic hydroxyl groups excluding tert-OH is 2. The van der Waals surface area contributed by atoms with Crippen LogP contribution < -0.4 is 0 Å². The van der Waals surface area contributed by atoms with Crippen molar-refractivity contribution in [2.75, 3.05) is 0 Å². The van der Waals surface area contributed by atoms with Gasteiger partial charge in [0.15, 0.2) is 0 Å². The van der Waals surface area contributed by atoms with Crippen molar-refractivity contribution in [3.8, 4) is 0 Å². The minimum absolute atomic E-state index is 0.0325. The molecular formula is C21H32O2. The molecular weight excluding hydrogens is 284 g/mol. The largest absolute Gasteiger partial charge is 0.392 e. The van der Waals surface area contributed by atoms with Crippen molar-refractivity contribution < 1.29 is 10.2 Å². The maximum atomic E-state index is 10.2. The Morgan fingerprint density at radius 3 is 1.83 bits per heavy atom. The molecule has 4 atom stereocenters. The highest BCUT2D eigenvalue weighted by Crippen LogP contribution is 2.18. The molecule has 2 nitrogen and oxygen atoms in total. The van der Waals surface area contributed by atoms with E-state index in [1.807, 2.05) is 75.5 Å². The third-order valence-electron chi connectivity index (χ3n) is 3.57. The molecule has 0 radical (unpaired) electrons. The highest BCUT2D eigenvalue weighted by molar-refractivity contribution is 5.18. The highest BCUT2D eigenvalue weighted by atomic mass is 16.3. The van der Waals surface area contributed by atoms with E-state index in [4.69, 9.17) is 0 Å². The van der Waals surface area contributed by atoms with Gasteiger partial charge in [0, 0.05) is 11.8 Å². The van der Waals surface area contributed by atoms with Gasteiger partial charge in [0.25, 0.3) is 0 Å². The summed E-state index contributed by atoms with van der Waals surface area (Å²) < 4.78 is 0. The molecule has 0 saturated heterocycles. The zero-order valence-electron chi connectivity index (χ0n) is 14.8. The number of hydrogen-bond donors (Lipinski definition) is 2. The summed E-state index contributed by atoms with van der Waals surface area (Å²) in [6.45, 7) is 7.84. The first-order valence-corrected chi connectivity index (χ1v) is 8.36. The second-order valence-electron chi connectivity index (χ2n) is 5.60. The molecule has 0 saturated carbocycles. The fourth-order valence-corrected chi connectivity index (χ4v) is 2.05. The minimum atomic E-state index is -0.662. The van der Waals surface area contributed by atoms with Crippen LogP contribution in [-0.2, 0) is 0 Å². The summed E-state index contributed by atoms with van der Waals surface area (Å²) in [7, 11) is 0. The molecule has 2 N–H and O–H groups in total. The second kappa shape index (κ2) is 14.0.